The van der Waals surface area contributed by atoms with Crippen molar-refractivity contribution in [2.24, 2.45) is 5.73 Å². The van der Waals surface area contributed by atoms with Gasteiger partial charge in [0.15, 0.2) is 6.23 Å². The van der Waals surface area contributed by atoms with Gasteiger partial charge in [0, 0.05) is 19.2 Å². The van der Waals surface area contributed by atoms with Crippen LogP contribution in [0.25, 0.3) is 0 Å². The summed E-state index contributed by atoms with van der Waals surface area (Å²) >= 11 is 0. The van der Waals surface area contributed by atoms with Crippen molar-refractivity contribution in [3.05, 3.63) is 33.1 Å². The highest BCUT2D eigenvalue weighted by Gasteiger charge is 2.42. The second-order valence-corrected chi connectivity index (χ2v) is 6.93. The van der Waals surface area contributed by atoms with E-state index >= 15 is 0 Å². The maximum atomic E-state index is 11.5. The monoisotopic (exact) mass is 464 g/mol. The zero-order valence-electron chi connectivity index (χ0n) is 17.0. The molecule has 1 aromatic rings. The number of hydrogen-bond acceptors (Lipinski definition) is 12. The van der Waals surface area contributed by atoms with Gasteiger partial charge in [-0.15, -0.1) is 0 Å². The van der Waals surface area contributed by atoms with Crippen LogP contribution in [0.3, 0.4) is 0 Å². The quantitative estimate of drug-likeness (QED) is 0.163. The van der Waals surface area contributed by atoms with Crippen LogP contribution in [-0.2, 0) is 14.3 Å². The third-order valence-corrected chi connectivity index (χ3v) is 4.54. The van der Waals surface area contributed by atoms with Crippen LogP contribution < -0.4 is 22.3 Å². The summed E-state index contributed by atoms with van der Waals surface area (Å²) < 4.78 is 6.33. The first kappa shape index (κ1) is 27.5. The number of aldehydes is 1. The number of carbonyl (C=O) groups excluding carboxylic acids is 2. The summed E-state index contributed by atoms with van der Waals surface area (Å²) in [5, 5.41) is 56.7. The van der Waals surface area contributed by atoms with Crippen molar-refractivity contribution in [3.63, 3.8) is 0 Å². The number of aromatic amines is 1. The summed E-state index contributed by atoms with van der Waals surface area (Å²) in [5.41, 5.74) is 4.48. The third-order valence-electron chi connectivity index (χ3n) is 4.54. The van der Waals surface area contributed by atoms with Crippen molar-refractivity contribution in [1.29, 1.82) is 0 Å². The molecular weight excluding hydrogens is 436 g/mol. The average molecular weight is 464 g/mol. The predicted octanol–water partition coefficient (Wildman–Crippen LogP) is -6.12. The second kappa shape index (κ2) is 12.5. The number of nitrogens with two attached hydrogens (primary N) is 1. The number of hydrogen-bond donors (Lipinski definition) is 9. The summed E-state index contributed by atoms with van der Waals surface area (Å²) in [6, 6.07) is -1.02. The average Bonchev–Trinajstić information content (AvgIpc) is 3.04. The summed E-state index contributed by atoms with van der Waals surface area (Å²) in [6.45, 7) is -0.0224. The molecule has 0 bridgehead atoms. The molecule has 2 rings (SSSR count). The van der Waals surface area contributed by atoms with Gasteiger partial charge in [0.2, 0.25) is 5.91 Å². The first-order valence-corrected chi connectivity index (χ1v) is 9.37. The zero-order chi connectivity index (χ0) is 24.6. The Labute approximate surface area is 180 Å². The molecule has 15 nitrogen and oxygen atoms in total. The van der Waals surface area contributed by atoms with Crippen LogP contribution in [0.5, 0.6) is 0 Å². The van der Waals surface area contributed by atoms with Crippen LogP contribution >= 0.6 is 0 Å². The Hall–Kier alpha value is -2.50. The van der Waals surface area contributed by atoms with Gasteiger partial charge in [-0.25, -0.2) is 4.79 Å². The number of rotatable bonds is 8. The molecule has 8 atom stereocenters. The number of aliphatic hydroxyl groups is 6. The molecule has 1 fully saturated rings. The molecule has 0 unspecified atom stereocenters. The van der Waals surface area contributed by atoms with Gasteiger partial charge >= 0.3 is 5.69 Å². The first-order valence-electron chi connectivity index (χ1n) is 9.37. The summed E-state index contributed by atoms with van der Waals surface area (Å²) in [7, 11) is 0. The molecule has 2 heterocycles. The molecule has 0 aromatic carbocycles. The van der Waals surface area contributed by atoms with Crippen LogP contribution in [0.4, 0.5) is 0 Å². The molecule has 1 saturated heterocycles. The van der Waals surface area contributed by atoms with E-state index in [2.05, 4.69) is 10.3 Å². The second-order valence-electron chi connectivity index (χ2n) is 6.93. The molecule has 15 heteroatoms. The van der Waals surface area contributed by atoms with E-state index in [1.807, 2.05) is 0 Å². The number of aliphatic hydroxyl groups excluding tert-OH is 6. The normalized spacial score (nSPS) is 26.2. The van der Waals surface area contributed by atoms with Crippen LogP contribution in [0.2, 0.25) is 0 Å². The van der Waals surface area contributed by atoms with E-state index in [1.165, 1.54) is 6.20 Å². The summed E-state index contributed by atoms with van der Waals surface area (Å²) in [5.74, 6) is -0.558. The molecule has 32 heavy (non-hydrogen) atoms. The van der Waals surface area contributed by atoms with Gasteiger partial charge in [-0.05, 0) is 0 Å². The fourth-order valence-electron chi connectivity index (χ4n) is 2.78. The number of amides is 1. The van der Waals surface area contributed by atoms with E-state index in [0.717, 1.165) is 17.6 Å². The lowest BCUT2D eigenvalue weighted by atomic mass is 10.0. The van der Waals surface area contributed by atoms with Crippen molar-refractivity contribution in [2.75, 3.05) is 13.2 Å². The van der Waals surface area contributed by atoms with E-state index in [9.17, 15) is 34.5 Å². The predicted molar refractivity (Wildman–Crippen MR) is 105 cm³/mol. The van der Waals surface area contributed by atoms with Crippen LogP contribution in [0.15, 0.2) is 21.9 Å². The van der Waals surface area contributed by atoms with Crippen molar-refractivity contribution in [1.82, 2.24) is 14.9 Å². The van der Waals surface area contributed by atoms with Gasteiger partial charge in [0.05, 0.1) is 19.3 Å². The molecule has 1 aromatic heterocycles. The molecular formula is C17H28N4O11. The number of nitrogens with one attached hydrogen (secondary N) is 2. The van der Waals surface area contributed by atoms with Crippen molar-refractivity contribution >= 4 is 12.2 Å². The van der Waals surface area contributed by atoms with Crippen molar-refractivity contribution < 1.29 is 45.0 Å². The third kappa shape index (κ3) is 7.01. The Morgan fingerprint density at radius 3 is 2.38 bits per heavy atom. The highest BCUT2D eigenvalue weighted by molar-refractivity contribution is 5.77. The molecule has 1 amide bonds. The van der Waals surface area contributed by atoms with Crippen molar-refractivity contribution in [3.8, 4) is 0 Å². The van der Waals surface area contributed by atoms with Gasteiger partial charge in [-0.1, -0.05) is 0 Å². The lowest BCUT2D eigenvalue weighted by Gasteiger charge is -2.25. The van der Waals surface area contributed by atoms with Crippen molar-refractivity contribution in [2.45, 2.75) is 55.8 Å². The van der Waals surface area contributed by atoms with Gasteiger partial charge in [-0.3, -0.25) is 19.1 Å². The largest absolute Gasteiger partial charge is 0.394 e. The Kier molecular flexibility index (Phi) is 10.8. The molecule has 0 radical (unpaired) electrons. The van der Waals surface area contributed by atoms with Crippen LogP contribution in [0.1, 0.15) is 13.2 Å². The SMILES string of the molecule is CC(=O)N[C@@H](C=O)[C@@H](O)[C@@H](O)[C@H](O)CO.N[C@@H]1[C@H](O)[C@@H](CO)O[C@H]1n1ccc(=O)[nH]c1=O. The van der Waals surface area contributed by atoms with Gasteiger partial charge in [0.25, 0.3) is 5.56 Å². The molecule has 0 spiro atoms. The molecule has 182 valence electrons. The molecule has 1 aliphatic rings. The zero-order valence-corrected chi connectivity index (χ0v) is 17.0. The highest BCUT2D eigenvalue weighted by atomic mass is 16.5. The number of ether oxygens (including phenoxy) is 1. The Morgan fingerprint density at radius 2 is 1.94 bits per heavy atom. The Bertz CT molecular complexity index is 859. The number of nitrogens with zero attached hydrogens (tertiary/aromatic N) is 1. The topological polar surface area (TPSA) is 258 Å². The number of aromatic nitrogens is 2. The van der Waals surface area contributed by atoms with Gasteiger partial charge in [0.1, 0.15) is 42.8 Å². The number of H-pyrrole nitrogens is 1. The first-order chi connectivity index (χ1) is 15.0. The fourth-order valence-corrected chi connectivity index (χ4v) is 2.78. The van der Waals surface area contributed by atoms with Crippen LogP contribution in [0, 0.1) is 0 Å². The minimum Gasteiger partial charge on any atom is -0.394 e. The van der Waals surface area contributed by atoms with E-state index in [4.69, 9.17) is 25.8 Å². The number of carbonyl (C=O) groups is 2. The molecule has 10 N–H and O–H groups in total. The minimum atomic E-state index is -1.71. The van der Waals surface area contributed by atoms with E-state index in [1.54, 1.807) is 0 Å². The van der Waals surface area contributed by atoms with E-state index in [-0.39, 0.29) is 6.29 Å². The van der Waals surface area contributed by atoms with Gasteiger partial charge < -0.3 is 51.2 Å². The smallest absolute Gasteiger partial charge is 0.330 e. The van der Waals surface area contributed by atoms with Gasteiger partial charge in [-0.2, -0.15) is 0 Å². The lowest BCUT2D eigenvalue weighted by molar-refractivity contribution is -0.129. The summed E-state index contributed by atoms with van der Waals surface area (Å²) in [4.78, 5) is 45.5. The van der Waals surface area contributed by atoms with Crippen LogP contribution in [-0.4, -0.2) is 108 Å². The minimum absolute atomic E-state index is 0.235. The Morgan fingerprint density at radius 1 is 1.31 bits per heavy atom. The highest BCUT2D eigenvalue weighted by Crippen LogP contribution is 2.26. The standard InChI is InChI=1S/C9H13N3O5.C8H15NO6/c10-6-7(15)4(3-13)17-8(6)12-2-1-5(14)11-9(12)16;1-4(12)9-5(2-10)7(14)8(15)6(13)3-11/h1-2,4,6-8,13,15H,3,10H2,(H,11,14,16);2,5-8,11,13-15H,3H2,1H3,(H,9,12)/t4-,6-,7-,8-;5-,6+,7+,8-/m10/s1. The van der Waals surface area contributed by atoms with E-state index in [0.29, 0.717) is 0 Å². The molecule has 0 aliphatic carbocycles. The maximum Gasteiger partial charge on any atom is 0.330 e. The summed E-state index contributed by atoms with van der Waals surface area (Å²) in [6.07, 6.45) is -6.30. The molecule has 0 saturated carbocycles. The maximum absolute atomic E-state index is 11.5. The fraction of sp³-hybridized carbons (Fsp3) is 0.647. The van der Waals surface area contributed by atoms with E-state index < -0.39 is 79.2 Å². The molecule has 1 aliphatic heterocycles. The Balaban J connectivity index is 0.000000324. The lowest BCUT2D eigenvalue weighted by Crippen LogP contribution is -2.53.